The van der Waals surface area contributed by atoms with Crippen LogP contribution in [0.25, 0.3) is 0 Å². The lowest BCUT2D eigenvalue weighted by atomic mass is 10.1. The van der Waals surface area contributed by atoms with Gasteiger partial charge in [-0.1, -0.05) is 17.7 Å². The number of rotatable bonds is 5. The molecule has 1 aliphatic rings. The summed E-state index contributed by atoms with van der Waals surface area (Å²) in [5, 5.41) is 12.3. The second-order valence-corrected chi connectivity index (χ2v) is 6.26. The third-order valence-corrected chi connectivity index (χ3v) is 4.30. The molecule has 0 aromatic heterocycles. The number of aliphatic carboxylic acids is 1. The highest BCUT2D eigenvalue weighted by Gasteiger charge is 2.30. The van der Waals surface area contributed by atoms with Crippen LogP contribution in [0.15, 0.2) is 18.2 Å². The topological polar surface area (TPSA) is 72.9 Å². The Balaban J connectivity index is 1.99. The number of hydrogen-bond donors (Lipinski definition) is 2. The fourth-order valence-electron chi connectivity index (χ4n) is 2.84. The van der Waals surface area contributed by atoms with Gasteiger partial charge in [-0.15, -0.1) is 0 Å². The number of piperazine rings is 1. The Bertz CT molecular complexity index is 580. The maximum absolute atomic E-state index is 12.3. The van der Waals surface area contributed by atoms with Crippen LogP contribution in [0.3, 0.4) is 0 Å². The fourth-order valence-corrected chi connectivity index (χ4v) is 2.84. The molecule has 0 aliphatic carbocycles. The molecule has 1 amide bonds. The molecular formula is C17H25N3O3. The van der Waals surface area contributed by atoms with Crippen molar-refractivity contribution in [3.63, 3.8) is 0 Å². The summed E-state index contributed by atoms with van der Waals surface area (Å²) in [6.07, 6.45) is -0.0354. The number of aryl methyl sites for hydroxylation is 2. The van der Waals surface area contributed by atoms with Crippen molar-refractivity contribution in [2.24, 2.45) is 0 Å². The molecule has 1 fully saturated rings. The van der Waals surface area contributed by atoms with Gasteiger partial charge in [-0.05, 0) is 32.5 Å². The van der Waals surface area contributed by atoms with Crippen LogP contribution < -0.4 is 5.32 Å². The van der Waals surface area contributed by atoms with Crippen molar-refractivity contribution < 1.29 is 14.7 Å². The van der Waals surface area contributed by atoms with E-state index >= 15 is 0 Å². The summed E-state index contributed by atoms with van der Waals surface area (Å²) in [6.45, 7) is 6.91. The van der Waals surface area contributed by atoms with Crippen molar-refractivity contribution in [1.29, 1.82) is 0 Å². The van der Waals surface area contributed by atoms with E-state index in [1.54, 1.807) is 0 Å². The van der Waals surface area contributed by atoms with E-state index in [4.69, 9.17) is 0 Å². The van der Waals surface area contributed by atoms with Crippen molar-refractivity contribution in [2.75, 3.05) is 38.5 Å². The molecule has 0 radical (unpaired) electrons. The summed E-state index contributed by atoms with van der Waals surface area (Å²) in [7, 11) is 2.01. The maximum Gasteiger partial charge on any atom is 0.321 e. The Kier molecular flexibility index (Phi) is 5.74. The highest BCUT2D eigenvalue weighted by molar-refractivity contribution is 5.94. The molecule has 1 heterocycles. The first-order chi connectivity index (χ1) is 10.9. The van der Waals surface area contributed by atoms with E-state index in [9.17, 15) is 14.7 Å². The SMILES string of the molecule is Cc1ccc(NC(=O)C[C@@H](C(=O)O)N2CCN(C)CC2)c(C)c1. The third-order valence-electron chi connectivity index (χ3n) is 4.30. The lowest BCUT2D eigenvalue weighted by molar-refractivity contribution is -0.145. The van der Waals surface area contributed by atoms with Crippen LogP contribution in [0.1, 0.15) is 17.5 Å². The largest absolute Gasteiger partial charge is 0.480 e. The van der Waals surface area contributed by atoms with Gasteiger partial charge in [0.05, 0.1) is 6.42 Å². The number of nitrogens with zero attached hydrogens (tertiary/aromatic N) is 2. The molecule has 6 heteroatoms. The number of benzene rings is 1. The van der Waals surface area contributed by atoms with Crippen LogP contribution >= 0.6 is 0 Å². The number of carboxylic acid groups (broad SMARTS) is 1. The van der Waals surface area contributed by atoms with Crippen molar-refractivity contribution >= 4 is 17.6 Å². The Morgan fingerprint density at radius 2 is 1.87 bits per heavy atom. The lowest BCUT2D eigenvalue weighted by Gasteiger charge is -2.35. The summed E-state index contributed by atoms with van der Waals surface area (Å²) in [4.78, 5) is 27.8. The minimum Gasteiger partial charge on any atom is -0.480 e. The van der Waals surface area contributed by atoms with Gasteiger partial charge < -0.3 is 15.3 Å². The Morgan fingerprint density at radius 3 is 2.43 bits per heavy atom. The minimum atomic E-state index is -0.940. The zero-order valence-corrected chi connectivity index (χ0v) is 14.0. The van der Waals surface area contributed by atoms with Crippen LogP contribution in [-0.2, 0) is 9.59 Å². The van der Waals surface area contributed by atoms with Gasteiger partial charge in [0.15, 0.2) is 0 Å². The molecule has 1 aromatic carbocycles. The second kappa shape index (κ2) is 7.57. The highest BCUT2D eigenvalue weighted by Crippen LogP contribution is 2.17. The van der Waals surface area contributed by atoms with Crippen LogP contribution in [0.5, 0.6) is 0 Å². The van der Waals surface area contributed by atoms with E-state index in [1.807, 2.05) is 44.0 Å². The fraction of sp³-hybridized carbons (Fsp3) is 0.529. The highest BCUT2D eigenvalue weighted by atomic mass is 16.4. The van der Waals surface area contributed by atoms with E-state index in [1.165, 1.54) is 0 Å². The maximum atomic E-state index is 12.3. The average Bonchev–Trinajstić information content (AvgIpc) is 2.48. The predicted octanol–water partition coefficient (Wildman–Crippen LogP) is 1.33. The monoisotopic (exact) mass is 319 g/mol. The molecule has 0 saturated carbocycles. The zero-order valence-electron chi connectivity index (χ0n) is 14.0. The average molecular weight is 319 g/mol. The first-order valence-electron chi connectivity index (χ1n) is 7.89. The molecule has 0 bridgehead atoms. The van der Waals surface area contributed by atoms with E-state index in [2.05, 4.69) is 10.2 Å². The summed E-state index contributed by atoms with van der Waals surface area (Å²) >= 11 is 0. The minimum absolute atomic E-state index is 0.0354. The van der Waals surface area contributed by atoms with Gasteiger partial charge in [0.2, 0.25) is 5.91 Å². The molecule has 2 rings (SSSR count). The number of carbonyl (C=O) groups excluding carboxylic acids is 1. The van der Waals surface area contributed by atoms with Gasteiger partial charge in [0, 0.05) is 31.9 Å². The quantitative estimate of drug-likeness (QED) is 0.857. The molecule has 1 aromatic rings. The summed E-state index contributed by atoms with van der Waals surface area (Å²) < 4.78 is 0. The molecule has 126 valence electrons. The lowest BCUT2D eigenvalue weighted by Crippen LogP contribution is -2.52. The Morgan fingerprint density at radius 1 is 1.22 bits per heavy atom. The van der Waals surface area contributed by atoms with Crippen LogP contribution in [-0.4, -0.2) is 66.1 Å². The molecule has 1 aliphatic heterocycles. The number of carbonyl (C=O) groups is 2. The third kappa shape index (κ3) is 4.77. The molecule has 6 nitrogen and oxygen atoms in total. The van der Waals surface area contributed by atoms with Gasteiger partial charge in [0.1, 0.15) is 6.04 Å². The molecular weight excluding hydrogens is 294 g/mol. The van der Waals surface area contributed by atoms with Crippen molar-refractivity contribution in [2.45, 2.75) is 26.3 Å². The molecule has 0 unspecified atom stereocenters. The Labute approximate surface area is 137 Å². The van der Waals surface area contributed by atoms with Gasteiger partial charge in [-0.3, -0.25) is 14.5 Å². The number of amides is 1. The molecule has 0 spiro atoms. The van der Waals surface area contributed by atoms with E-state index in [0.717, 1.165) is 29.9 Å². The standard InChI is InChI=1S/C17H25N3O3/c1-12-4-5-14(13(2)10-12)18-16(21)11-15(17(22)23)20-8-6-19(3)7-9-20/h4-5,10,15H,6-9,11H2,1-3H3,(H,18,21)(H,22,23)/t15-/m0/s1. The van der Waals surface area contributed by atoms with E-state index in [-0.39, 0.29) is 12.3 Å². The van der Waals surface area contributed by atoms with Crippen molar-refractivity contribution in [3.05, 3.63) is 29.3 Å². The van der Waals surface area contributed by atoms with Gasteiger partial charge >= 0.3 is 5.97 Å². The zero-order chi connectivity index (χ0) is 17.0. The first kappa shape index (κ1) is 17.4. The van der Waals surface area contributed by atoms with Crippen LogP contribution in [0.2, 0.25) is 0 Å². The van der Waals surface area contributed by atoms with E-state index in [0.29, 0.717) is 13.1 Å². The second-order valence-electron chi connectivity index (χ2n) is 6.26. The molecule has 1 atom stereocenters. The summed E-state index contributed by atoms with van der Waals surface area (Å²) in [5.41, 5.74) is 2.84. The van der Waals surface area contributed by atoms with Crippen molar-refractivity contribution in [3.8, 4) is 0 Å². The molecule has 2 N–H and O–H groups in total. The van der Waals surface area contributed by atoms with Gasteiger partial charge in [0.25, 0.3) is 0 Å². The van der Waals surface area contributed by atoms with Crippen LogP contribution in [0, 0.1) is 13.8 Å². The number of carboxylic acids is 1. The van der Waals surface area contributed by atoms with E-state index < -0.39 is 12.0 Å². The first-order valence-corrected chi connectivity index (χ1v) is 7.89. The van der Waals surface area contributed by atoms with Crippen LogP contribution in [0.4, 0.5) is 5.69 Å². The van der Waals surface area contributed by atoms with Gasteiger partial charge in [-0.2, -0.15) is 0 Å². The number of nitrogens with one attached hydrogen (secondary N) is 1. The normalized spacial score (nSPS) is 17.7. The number of likely N-dealkylation sites (N-methyl/N-ethyl adjacent to an activating group) is 1. The molecule has 1 saturated heterocycles. The predicted molar refractivity (Wildman–Crippen MR) is 89.7 cm³/mol. The number of hydrogen-bond acceptors (Lipinski definition) is 4. The smallest absolute Gasteiger partial charge is 0.321 e. The van der Waals surface area contributed by atoms with Gasteiger partial charge in [-0.25, -0.2) is 0 Å². The summed E-state index contributed by atoms with van der Waals surface area (Å²) in [6, 6.07) is 5.01. The molecule has 23 heavy (non-hydrogen) atoms. The van der Waals surface area contributed by atoms with Crippen molar-refractivity contribution in [1.82, 2.24) is 9.80 Å². The number of anilines is 1. The summed E-state index contributed by atoms with van der Waals surface area (Å²) in [5.74, 6) is -1.20. The Hall–Kier alpha value is -1.92.